The second-order valence-corrected chi connectivity index (χ2v) is 11.4. The topological polar surface area (TPSA) is 57.0 Å². The van der Waals surface area contributed by atoms with Crippen molar-refractivity contribution in [3.8, 4) is 5.69 Å². The normalized spacial score (nSPS) is 40.0. The number of rotatable bonds is 2. The lowest BCUT2D eigenvalue weighted by Crippen LogP contribution is -2.54. The third-order valence-corrected chi connectivity index (χ3v) is 9.96. The van der Waals surface area contributed by atoms with Gasteiger partial charge in [0.1, 0.15) is 6.10 Å². The number of benzene rings is 1. The number of nitrogens with zero attached hydrogens (tertiary/aromatic N) is 3. The maximum absolute atomic E-state index is 11.5. The molecule has 4 aliphatic rings. The van der Waals surface area contributed by atoms with Crippen LogP contribution in [0.1, 0.15) is 77.1 Å². The third-order valence-electron chi connectivity index (χ3n) is 9.96. The molecule has 7 atom stereocenters. The summed E-state index contributed by atoms with van der Waals surface area (Å²) in [6.07, 6.45) is 9.60. The molecule has 0 radical (unpaired) electrons. The molecule has 2 aromatic rings. The minimum Gasteiger partial charge on any atom is -0.463 e. The minimum atomic E-state index is -0.121. The van der Waals surface area contributed by atoms with Crippen LogP contribution in [0.2, 0.25) is 0 Å². The molecule has 5 heteroatoms. The van der Waals surface area contributed by atoms with Crippen molar-refractivity contribution in [2.24, 2.45) is 29.1 Å². The second kappa shape index (κ2) is 7.16. The van der Waals surface area contributed by atoms with E-state index >= 15 is 0 Å². The fourth-order valence-electron chi connectivity index (χ4n) is 8.35. The van der Waals surface area contributed by atoms with E-state index in [4.69, 9.17) is 14.9 Å². The Hall–Kier alpha value is -2.17. The Balaban J connectivity index is 1.25. The Morgan fingerprint density at radius 2 is 1.84 bits per heavy atom. The Morgan fingerprint density at radius 3 is 2.62 bits per heavy atom. The molecule has 2 unspecified atom stereocenters. The molecule has 170 valence electrons. The average Bonchev–Trinajstić information content (AvgIpc) is 3.32. The first-order valence-electron chi connectivity index (χ1n) is 12.6. The maximum Gasteiger partial charge on any atom is 0.302 e. The number of aromatic nitrogens is 3. The Morgan fingerprint density at radius 1 is 1.03 bits per heavy atom. The highest BCUT2D eigenvalue weighted by molar-refractivity contribution is 5.66. The molecular weight excluding hydrogens is 398 g/mol. The molecule has 1 heterocycles. The van der Waals surface area contributed by atoms with Crippen LogP contribution >= 0.6 is 0 Å². The first-order chi connectivity index (χ1) is 15.4. The number of carbonyl (C=O) groups excluding carboxylic acids is 1. The van der Waals surface area contributed by atoms with E-state index in [-0.39, 0.29) is 17.5 Å². The van der Waals surface area contributed by atoms with Gasteiger partial charge < -0.3 is 4.74 Å². The fraction of sp³-hybridized carbons (Fsp3) is 0.667. The van der Waals surface area contributed by atoms with Gasteiger partial charge in [-0.15, -0.1) is 0 Å². The van der Waals surface area contributed by atoms with Gasteiger partial charge in [0.25, 0.3) is 0 Å². The molecular formula is C27H35N3O2. The smallest absolute Gasteiger partial charge is 0.302 e. The van der Waals surface area contributed by atoms with Crippen LogP contribution in [0, 0.1) is 29.1 Å². The van der Waals surface area contributed by atoms with E-state index in [2.05, 4.69) is 38.1 Å². The van der Waals surface area contributed by atoms with Crippen molar-refractivity contribution in [2.45, 2.75) is 83.7 Å². The lowest BCUT2D eigenvalue weighted by atomic mass is 9.45. The largest absolute Gasteiger partial charge is 0.463 e. The van der Waals surface area contributed by atoms with Crippen LogP contribution in [-0.2, 0) is 21.4 Å². The summed E-state index contributed by atoms with van der Waals surface area (Å²) < 4.78 is 5.63. The summed E-state index contributed by atoms with van der Waals surface area (Å²) >= 11 is 0. The van der Waals surface area contributed by atoms with E-state index in [1.165, 1.54) is 43.5 Å². The lowest BCUT2D eigenvalue weighted by Gasteiger charge is -2.60. The molecule has 0 saturated heterocycles. The fourth-order valence-corrected chi connectivity index (χ4v) is 8.35. The summed E-state index contributed by atoms with van der Waals surface area (Å²) in [7, 11) is 0. The molecule has 0 aliphatic heterocycles. The van der Waals surface area contributed by atoms with Crippen LogP contribution < -0.4 is 0 Å². The second-order valence-electron chi connectivity index (χ2n) is 11.4. The van der Waals surface area contributed by atoms with Crippen LogP contribution in [0.4, 0.5) is 0 Å². The number of ether oxygens (including phenoxy) is 1. The highest BCUT2D eigenvalue weighted by atomic mass is 16.5. The molecule has 0 bridgehead atoms. The van der Waals surface area contributed by atoms with E-state index in [0.717, 1.165) is 36.8 Å². The molecule has 1 aromatic heterocycles. The first-order valence-corrected chi connectivity index (χ1v) is 12.6. The van der Waals surface area contributed by atoms with Gasteiger partial charge in [-0.25, -0.2) is 0 Å². The summed E-state index contributed by atoms with van der Waals surface area (Å²) in [6, 6.07) is 10.3. The van der Waals surface area contributed by atoms with Crippen molar-refractivity contribution in [3.05, 3.63) is 41.7 Å². The first kappa shape index (κ1) is 20.4. The zero-order chi connectivity index (χ0) is 22.1. The number of para-hydroxylation sites is 1. The number of fused-ring (bicyclic) bond motifs is 7. The number of esters is 1. The van der Waals surface area contributed by atoms with Crippen LogP contribution in [0.15, 0.2) is 30.3 Å². The standard InChI is InChI=1S/C27H35N3O2/c1-17(31)32-20-11-13-26(2)18(15-20)9-10-21-22(26)12-14-27(3)23(21)16-24-25(27)29-30(28-24)19-7-5-4-6-8-19/h4-8,18,20-23H,9-16H2,1-3H3/t18-,20-,21?,22?,23-,26-,27-/m0/s1. The van der Waals surface area contributed by atoms with Crippen LogP contribution in [0.5, 0.6) is 0 Å². The van der Waals surface area contributed by atoms with Gasteiger partial charge in [0.05, 0.1) is 17.1 Å². The molecule has 5 nitrogen and oxygen atoms in total. The van der Waals surface area contributed by atoms with Gasteiger partial charge in [0.2, 0.25) is 0 Å². The van der Waals surface area contributed by atoms with Crippen molar-refractivity contribution in [1.29, 1.82) is 0 Å². The van der Waals surface area contributed by atoms with Gasteiger partial charge in [-0.3, -0.25) is 4.79 Å². The van der Waals surface area contributed by atoms with Crippen molar-refractivity contribution in [2.75, 3.05) is 0 Å². The molecule has 3 saturated carbocycles. The molecule has 6 rings (SSSR count). The molecule has 32 heavy (non-hydrogen) atoms. The summed E-state index contributed by atoms with van der Waals surface area (Å²) in [6.45, 7) is 6.58. The maximum atomic E-state index is 11.5. The van der Waals surface area contributed by atoms with E-state index in [9.17, 15) is 4.79 Å². The SMILES string of the molecule is CC(=O)O[C@H]1CC[C@]2(C)C3CC[C@]4(C)c5nn(-c6ccccc6)nc5C[C@H]4C3CC[C@H]2C1. The minimum absolute atomic E-state index is 0.121. The third kappa shape index (κ3) is 2.92. The van der Waals surface area contributed by atoms with E-state index < -0.39 is 0 Å². The zero-order valence-electron chi connectivity index (χ0n) is 19.6. The van der Waals surface area contributed by atoms with Gasteiger partial charge in [0, 0.05) is 12.3 Å². The van der Waals surface area contributed by atoms with Crippen molar-refractivity contribution in [1.82, 2.24) is 15.0 Å². The van der Waals surface area contributed by atoms with Crippen molar-refractivity contribution >= 4 is 5.97 Å². The van der Waals surface area contributed by atoms with E-state index in [1.807, 2.05) is 10.9 Å². The summed E-state index contributed by atoms with van der Waals surface area (Å²) in [4.78, 5) is 13.4. The monoisotopic (exact) mass is 433 g/mol. The van der Waals surface area contributed by atoms with Gasteiger partial charge >= 0.3 is 5.97 Å². The predicted molar refractivity (Wildman–Crippen MR) is 122 cm³/mol. The Bertz CT molecular complexity index is 1030. The predicted octanol–water partition coefficient (Wildman–Crippen LogP) is 5.26. The molecule has 0 N–H and O–H groups in total. The lowest BCUT2D eigenvalue weighted by molar-refractivity contribution is -0.157. The average molecular weight is 434 g/mol. The summed E-state index contributed by atoms with van der Waals surface area (Å²) in [5.74, 6) is 2.78. The quantitative estimate of drug-likeness (QED) is 0.607. The molecule has 1 aromatic carbocycles. The van der Waals surface area contributed by atoms with Crippen molar-refractivity contribution in [3.63, 3.8) is 0 Å². The highest BCUT2D eigenvalue weighted by Gasteiger charge is 2.60. The molecule has 0 spiro atoms. The van der Waals surface area contributed by atoms with Gasteiger partial charge in [0.15, 0.2) is 0 Å². The van der Waals surface area contributed by atoms with Crippen molar-refractivity contribution < 1.29 is 9.53 Å². The van der Waals surface area contributed by atoms with E-state index in [1.54, 1.807) is 6.92 Å². The molecule has 0 amide bonds. The number of hydrogen-bond donors (Lipinski definition) is 0. The van der Waals surface area contributed by atoms with Crippen LogP contribution in [-0.4, -0.2) is 27.1 Å². The summed E-state index contributed by atoms with van der Waals surface area (Å²) in [5.41, 5.74) is 4.08. The molecule has 3 fully saturated rings. The zero-order valence-corrected chi connectivity index (χ0v) is 19.6. The highest BCUT2D eigenvalue weighted by Crippen LogP contribution is 2.65. The molecule has 4 aliphatic carbocycles. The Labute approximate surface area is 190 Å². The van der Waals surface area contributed by atoms with Crippen LogP contribution in [0.3, 0.4) is 0 Å². The van der Waals surface area contributed by atoms with Gasteiger partial charge in [-0.1, -0.05) is 32.0 Å². The number of carbonyl (C=O) groups is 1. The van der Waals surface area contributed by atoms with Gasteiger partial charge in [-0.2, -0.15) is 15.0 Å². The Kier molecular flexibility index (Phi) is 4.58. The summed E-state index contributed by atoms with van der Waals surface area (Å²) in [5, 5.41) is 10.0. The number of hydrogen-bond acceptors (Lipinski definition) is 4. The van der Waals surface area contributed by atoms with Gasteiger partial charge in [-0.05, 0) is 92.6 Å². The van der Waals surface area contributed by atoms with Crippen LogP contribution in [0.25, 0.3) is 5.69 Å². The van der Waals surface area contributed by atoms with E-state index in [0.29, 0.717) is 17.3 Å².